The van der Waals surface area contributed by atoms with Crippen molar-refractivity contribution in [3.8, 4) is 5.75 Å². The van der Waals surface area contributed by atoms with E-state index in [-0.39, 0.29) is 12.5 Å². The number of ether oxygens (including phenoxy) is 1. The molecule has 0 heterocycles. The second-order valence-electron chi connectivity index (χ2n) is 7.56. The average Bonchev–Trinajstić information content (AvgIpc) is 3.00. The third-order valence-corrected chi connectivity index (χ3v) is 6.23. The van der Waals surface area contributed by atoms with Gasteiger partial charge in [0.25, 0.3) is 0 Å². The third-order valence-electron chi connectivity index (χ3n) is 5.10. The number of fused-ring (bicyclic) bond motifs is 1. The standard InChI is InChI=1S/C19H18F8N2O4S/c1-33-16-12(17(31)19(20,21)22)7-10(34(23,24,25,26)27)8-14(16)29-18(32)28-13-6-9-4-2-3-5-11(9)15(13)30/h2-5,7-8,13,15,17,30-31H,6H2,1H3,(H2,28,29,32). The molecule has 0 fully saturated rings. The molecule has 4 N–H and O–H groups in total. The summed E-state index contributed by atoms with van der Waals surface area (Å²) in [5.74, 6) is -1.11. The van der Waals surface area contributed by atoms with E-state index in [0.717, 1.165) is 0 Å². The van der Waals surface area contributed by atoms with Gasteiger partial charge in [0.05, 0.1) is 24.9 Å². The first-order valence-corrected chi connectivity index (χ1v) is 11.3. The lowest BCUT2D eigenvalue weighted by Gasteiger charge is -2.41. The van der Waals surface area contributed by atoms with E-state index in [2.05, 4.69) is 10.1 Å². The highest BCUT2D eigenvalue weighted by molar-refractivity contribution is 8.45. The lowest BCUT2D eigenvalue weighted by Crippen LogP contribution is -2.40. The van der Waals surface area contributed by atoms with Gasteiger partial charge in [-0.15, -0.1) is 0 Å². The summed E-state index contributed by atoms with van der Waals surface area (Å²) in [6.07, 6.45) is -10.3. The second kappa shape index (κ2) is 7.61. The van der Waals surface area contributed by atoms with Crippen molar-refractivity contribution in [2.45, 2.75) is 35.7 Å². The number of aliphatic hydroxyl groups is 2. The lowest BCUT2D eigenvalue weighted by molar-refractivity contribution is -0.207. The van der Waals surface area contributed by atoms with Gasteiger partial charge in [0, 0.05) is 5.56 Å². The Labute approximate surface area is 187 Å². The van der Waals surface area contributed by atoms with E-state index < -0.39 is 68.6 Å². The second-order valence-corrected chi connectivity index (χ2v) is 9.97. The molecular weight excluding hydrogens is 504 g/mol. The molecule has 0 radical (unpaired) electrons. The van der Waals surface area contributed by atoms with Gasteiger partial charge in [-0.1, -0.05) is 43.7 Å². The van der Waals surface area contributed by atoms with Crippen LogP contribution in [0, 0.1) is 0 Å². The van der Waals surface area contributed by atoms with E-state index in [4.69, 9.17) is 0 Å². The Balaban J connectivity index is 1.99. The third kappa shape index (κ3) is 5.31. The molecule has 3 unspecified atom stereocenters. The van der Waals surface area contributed by atoms with Crippen molar-refractivity contribution in [3.05, 3.63) is 53.1 Å². The van der Waals surface area contributed by atoms with Crippen molar-refractivity contribution in [2.24, 2.45) is 0 Å². The zero-order valence-corrected chi connectivity index (χ0v) is 17.9. The number of carbonyl (C=O) groups is 1. The molecule has 0 aliphatic heterocycles. The fourth-order valence-electron chi connectivity index (χ4n) is 3.58. The summed E-state index contributed by atoms with van der Waals surface area (Å²) >= 11 is 0. The Kier molecular flexibility index (Phi) is 5.78. The molecule has 1 aliphatic carbocycles. The summed E-state index contributed by atoms with van der Waals surface area (Å²) in [6.45, 7) is 0. The topological polar surface area (TPSA) is 90.8 Å². The highest BCUT2D eigenvalue weighted by Gasteiger charge is 2.66. The van der Waals surface area contributed by atoms with Gasteiger partial charge in [0.2, 0.25) is 0 Å². The number of halogens is 8. The van der Waals surface area contributed by atoms with Crippen molar-refractivity contribution in [2.75, 3.05) is 12.4 Å². The molecule has 1 aliphatic rings. The predicted octanol–water partition coefficient (Wildman–Crippen LogP) is 5.73. The number of rotatable bonds is 5. The molecule has 2 amide bonds. The maximum Gasteiger partial charge on any atom is 0.418 e. The first kappa shape index (κ1) is 25.8. The summed E-state index contributed by atoms with van der Waals surface area (Å²) in [4.78, 5) is 9.62. The number of nitrogens with one attached hydrogen (secondary N) is 2. The minimum absolute atomic E-state index is 0.117. The van der Waals surface area contributed by atoms with Crippen LogP contribution in [0.5, 0.6) is 5.75 Å². The van der Waals surface area contributed by atoms with Gasteiger partial charge in [-0.2, -0.15) is 13.2 Å². The van der Waals surface area contributed by atoms with Gasteiger partial charge in [-0.05, 0) is 29.7 Å². The van der Waals surface area contributed by atoms with Crippen LogP contribution in [0.1, 0.15) is 28.9 Å². The van der Waals surface area contributed by atoms with E-state index in [9.17, 15) is 47.6 Å². The lowest BCUT2D eigenvalue weighted by atomic mass is 10.1. The number of anilines is 1. The van der Waals surface area contributed by atoms with Crippen LogP contribution in [0.15, 0.2) is 41.3 Å². The van der Waals surface area contributed by atoms with Gasteiger partial charge >= 0.3 is 22.4 Å². The number of urea groups is 1. The monoisotopic (exact) mass is 522 g/mol. The Morgan fingerprint density at radius 1 is 1.15 bits per heavy atom. The van der Waals surface area contributed by atoms with E-state index in [0.29, 0.717) is 18.2 Å². The highest BCUT2D eigenvalue weighted by atomic mass is 32.5. The number of methoxy groups -OCH3 is 1. The number of benzene rings is 2. The number of alkyl halides is 3. The molecule has 6 nitrogen and oxygen atoms in total. The van der Waals surface area contributed by atoms with Crippen molar-refractivity contribution >= 4 is 21.9 Å². The Hall–Kier alpha value is -2.78. The maximum absolute atomic E-state index is 13.4. The molecule has 0 aromatic heterocycles. The van der Waals surface area contributed by atoms with Crippen LogP contribution >= 0.6 is 10.2 Å². The van der Waals surface area contributed by atoms with Crippen LogP contribution < -0.4 is 15.4 Å². The summed E-state index contributed by atoms with van der Waals surface area (Å²) < 4.78 is 111. The van der Waals surface area contributed by atoms with Crippen molar-refractivity contribution in [1.29, 1.82) is 0 Å². The molecular formula is C19H18F8N2O4S. The van der Waals surface area contributed by atoms with Gasteiger partial charge in [0.1, 0.15) is 10.6 Å². The molecule has 0 spiro atoms. The Morgan fingerprint density at radius 3 is 2.29 bits per heavy atom. The van der Waals surface area contributed by atoms with Gasteiger partial charge in [0.15, 0.2) is 6.10 Å². The normalized spacial score (nSPS) is 21.1. The van der Waals surface area contributed by atoms with Crippen LogP contribution in [-0.2, 0) is 6.42 Å². The van der Waals surface area contributed by atoms with Crippen molar-refractivity contribution < 1.29 is 52.3 Å². The summed E-state index contributed by atoms with van der Waals surface area (Å²) in [7, 11) is -9.84. The summed E-state index contributed by atoms with van der Waals surface area (Å²) in [5.41, 5.74) is -1.74. The summed E-state index contributed by atoms with van der Waals surface area (Å²) in [5, 5.41) is 23.8. The first-order valence-electron chi connectivity index (χ1n) is 9.36. The van der Waals surface area contributed by atoms with Gasteiger partial charge in [-0.25, -0.2) is 4.79 Å². The zero-order chi connectivity index (χ0) is 25.8. The SMILES string of the molecule is COc1c(NC(=O)NC2Cc3ccccc3C2O)cc(S(F)(F)(F)(F)F)cc1C(O)C(F)(F)F. The molecule has 34 heavy (non-hydrogen) atoms. The molecule has 190 valence electrons. The van der Waals surface area contributed by atoms with E-state index >= 15 is 0 Å². The number of amides is 2. The van der Waals surface area contributed by atoms with Gasteiger partial charge < -0.3 is 25.6 Å². The quantitative estimate of drug-likeness (QED) is 0.378. The zero-order valence-electron chi connectivity index (χ0n) is 17.0. The van der Waals surface area contributed by atoms with Gasteiger partial charge in [-0.3, -0.25) is 0 Å². The van der Waals surface area contributed by atoms with Crippen molar-refractivity contribution in [1.82, 2.24) is 5.32 Å². The summed E-state index contributed by atoms with van der Waals surface area (Å²) in [6, 6.07) is 3.37. The molecule has 3 rings (SSSR count). The van der Waals surface area contributed by atoms with Crippen LogP contribution in [0.4, 0.5) is 43.1 Å². The Bertz CT molecular complexity index is 1120. The predicted molar refractivity (Wildman–Crippen MR) is 106 cm³/mol. The van der Waals surface area contributed by atoms with Crippen molar-refractivity contribution in [3.63, 3.8) is 0 Å². The molecule has 0 saturated heterocycles. The average molecular weight is 522 g/mol. The number of hydrogen-bond donors (Lipinski definition) is 4. The van der Waals surface area contributed by atoms with E-state index in [1.807, 2.05) is 0 Å². The Morgan fingerprint density at radius 2 is 1.76 bits per heavy atom. The largest absolute Gasteiger partial charge is 0.494 e. The van der Waals surface area contributed by atoms with E-state index in [1.165, 1.54) is 0 Å². The van der Waals surface area contributed by atoms with E-state index in [1.54, 1.807) is 29.6 Å². The molecule has 3 atom stereocenters. The fraction of sp³-hybridized carbons (Fsp3) is 0.316. The smallest absolute Gasteiger partial charge is 0.418 e. The van der Waals surface area contributed by atoms with Crippen LogP contribution in [0.25, 0.3) is 0 Å². The molecule has 0 saturated carbocycles. The van der Waals surface area contributed by atoms with Crippen LogP contribution in [-0.4, -0.2) is 35.6 Å². The number of hydrogen-bond acceptors (Lipinski definition) is 4. The molecule has 15 heteroatoms. The number of aliphatic hydroxyl groups excluding tert-OH is 2. The minimum atomic E-state index is -10.6. The number of carbonyl (C=O) groups excluding carboxylic acids is 1. The highest BCUT2D eigenvalue weighted by Crippen LogP contribution is 3.02. The molecule has 0 bridgehead atoms. The fourth-order valence-corrected chi connectivity index (χ4v) is 4.27. The minimum Gasteiger partial charge on any atom is -0.494 e. The molecule has 2 aromatic carbocycles. The van der Waals surface area contributed by atoms with Crippen LogP contribution in [0.2, 0.25) is 0 Å². The first-order chi connectivity index (χ1) is 15.3. The maximum atomic E-state index is 13.4. The van der Waals surface area contributed by atoms with Crippen LogP contribution in [0.3, 0.4) is 0 Å². The molecule has 2 aromatic rings.